The molecule has 0 unspecified atom stereocenters. The molecule has 0 radical (unpaired) electrons. The maximum Gasteiger partial charge on any atom is 0.135 e. The Morgan fingerprint density at radius 2 is 1.60 bits per heavy atom. The predicted molar refractivity (Wildman–Crippen MR) is 123 cm³/mol. The lowest BCUT2D eigenvalue weighted by atomic mass is 10.2. The highest BCUT2D eigenvalue weighted by Gasteiger charge is 2.19. The van der Waals surface area contributed by atoms with Crippen LogP contribution in [0.25, 0.3) is 10.9 Å². The number of nitrogens with zero attached hydrogens (tertiary/aromatic N) is 5. The maximum atomic E-state index is 4.52. The third-order valence-electron chi connectivity index (χ3n) is 5.52. The van der Waals surface area contributed by atoms with Crippen molar-refractivity contribution >= 4 is 33.9 Å². The van der Waals surface area contributed by atoms with Crippen LogP contribution in [0.5, 0.6) is 0 Å². The van der Waals surface area contributed by atoms with E-state index >= 15 is 0 Å². The van der Waals surface area contributed by atoms with Crippen molar-refractivity contribution in [2.75, 3.05) is 41.3 Å². The first-order valence-electron chi connectivity index (χ1n) is 10.3. The van der Waals surface area contributed by atoms with Crippen LogP contribution in [0.4, 0.5) is 23.0 Å². The van der Waals surface area contributed by atoms with Gasteiger partial charge in [-0.3, -0.25) is 4.98 Å². The van der Waals surface area contributed by atoms with Crippen LogP contribution in [0.1, 0.15) is 5.56 Å². The fourth-order valence-corrected chi connectivity index (χ4v) is 3.95. The summed E-state index contributed by atoms with van der Waals surface area (Å²) in [4.78, 5) is 18.2. The molecule has 2 aromatic heterocycles. The Kier molecular flexibility index (Phi) is 4.89. The van der Waals surface area contributed by atoms with E-state index in [1.807, 2.05) is 30.5 Å². The fraction of sp³-hybridized carbons (Fsp3) is 0.208. The standard InChI is InChI=1S/C24H24N6/c1-18-5-2-8-20(15-18)29-11-13-30(14-12-29)23-16-22(26-17-27-23)28-21-9-3-6-19-7-4-10-25-24(19)21/h2-10,15-17H,11-14H2,1H3,(H,26,27,28). The number of hydrogen-bond acceptors (Lipinski definition) is 6. The number of hydrogen-bond donors (Lipinski definition) is 1. The topological polar surface area (TPSA) is 57.2 Å². The lowest BCUT2D eigenvalue weighted by Crippen LogP contribution is -2.46. The minimum atomic E-state index is 0.777. The average Bonchev–Trinajstić information content (AvgIpc) is 2.80. The number of aromatic nitrogens is 3. The largest absolute Gasteiger partial charge is 0.368 e. The number of anilines is 4. The van der Waals surface area contributed by atoms with Crippen molar-refractivity contribution in [1.82, 2.24) is 15.0 Å². The number of fused-ring (bicyclic) bond motifs is 1. The van der Waals surface area contributed by atoms with Gasteiger partial charge in [-0.25, -0.2) is 9.97 Å². The molecule has 3 heterocycles. The van der Waals surface area contributed by atoms with Gasteiger partial charge in [-0.1, -0.05) is 30.3 Å². The molecule has 0 amide bonds. The van der Waals surface area contributed by atoms with Crippen LogP contribution in [0.2, 0.25) is 0 Å². The number of pyridine rings is 1. The predicted octanol–water partition coefficient (Wildman–Crippen LogP) is 4.40. The summed E-state index contributed by atoms with van der Waals surface area (Å²) >= 11 is 0. The Balaban J connectivity index is 1.31. The fourth-order valence-electron chi connectivity index (χ4n) is 3.95. The second kappa shape index (κ2) is 7.99. The second-order valence-electron chi connectivity index (χ2n) is 7.58. The minimum Gasteiger partial charge on any atom is -0.368 e. The van der Waals surface area contributed by atoms with E-state index in [4.69, 9.17) is 0 Å². The van der Waals surface area contributed by atoms with Gasteiger partial charge in [0.25, 0.3) is 0 Å². The van der Waals surface area contributed by atoms with Gasteiger partial charge < -0.3 is 15.1 Å². The van der Waals surface area contributed by atoms with E-state index in [2.05, 4.69) is 73.4 Å². The highest BCUT2D eigenvalue weighted by Crippen LogP contribution is 2.26. The average molecular weight is 396 g/mol. The van der Waals surface area contributed by atoms with Crippen LogP contribution >= 0.6 is 0 Å². The lowest BCUT2D eigenvalue weighted by Gasteiger charge is -2.36. The van der Waals surface area contributed by atoms with E-state index in [1.165, 1.54) is 11.3 Å². The van der Waals surface area contributed by atoms with Crippen LogP contribution < -0.4 is 15.1 Å². The summed E-state index contributed by atoms with van der Waals surface area (Å²) in [6.07, 6.45) is 3.44. The highest BCUT2D eigenvalue weighted by atomic mass is 15.3. The van der Waals surface area contributed by atoms with Crippen molar-refractivity contribution in [2.24, 2.45) is 0 Å². The van der Waals surface area contributed by atoms with Crippen molar-refractivity contribution in [2.45, 2.75) is 6.92 Å². The van der Waals surface area contributed by atoms with Gasteiger partial charge in [-0.05, 0) is 36.8 Å². The molecular weight excluding hydrogens is 372 g/mol. The van der Waals surface area contributed by atoms with E-state index in [1.54, 1.807) is 6.33 Å². The molecule has 1 aliphatic rings. The molecule has 0 spiro atoms. The van der Waals surface area contributed by atoms with Crippen molar-refractivity contribution < 1.29 is 0 Å². The number of aryl methyl sites for hydroxylation is 1. The first-order valence-corrected chi connectivity index (χ1v) is 10.3. The van der Waals surface area contributed by atoms with Crippen LogP contribution in [0.15, 0.2) is 73.2 Å². The number of piperazine rings is 1. The SMILES string of the molecule is Cc1cccc(N2CCN(c3cc(Nc4cccc5cccnc45)ncn3)CC2)c1. The number of para-hydroxylation sites is 1. The van der Waals surface area contributed by atoms with E-state index in [-0.39, 0.29) is 0 Å². The number of nitrogens with one attached hydrogen (secondary N) is 1. The molecule has 1 N–H and O–H groups in total. The number of rotatable bonds is 4. The molecule has 150 valence electrons. The zero-order valence-electron chi connectivity index (χ0n) is 17.0. The van der Waals surface area contributed by atoms with Gasteiger partial charge in [0.2, 0.25) is 0 Å². The second-order valence-corrected chi connectivity index (χ2v) is 7.58. The minimum absolute atomic E-state index is 0.777. The zero-order valence-corrected chi connectivity index (χ0v) is 17.0. The summed E-state index contributed by atoms with van der Waals surface area (Å²) < 4.78 is 0. The maximum absolute atomic E-state index is 4.52. The molecule has 0 saturated carbocycles. The van der Waals surface area contributed by atoms with Crippen LogP contribution in [0, 0.1) is 6.92 Å². The van der Waals surface area contributed by atoms with Crippen molar-refractivity contribution in [3.05, 3.63) is 78.8 Å². The monoisotopic (exact) mass is 396 g/mol. The first-order chi connectivity index (χ1) is 14.8. The van der Waals surface area contributed by atoms with E-state index < -0.39 is 0 Å². The summed E-state index contributed by atoms with van der Waals surface area (Å²) in [7, 11) is 0. The zero-order chi connectivity index (χ0) is 20.3. The molecule has 5 rings (SSSR count). The van der Waals surface area contributed by atoms with Gasteiger partial charge in [0, 0.05) is 49.5 Å². The smallest absolute Gasteiger partial charge is 0.135 e. The summed E-state index contributed by atoms with van der Waals surface area (Å²) in [5.41, 5.74) is 4.47. The Morgan fingerprint density at radius 3 is 2.47 bits per heavy atom. The Morgan fingerprint density at radius 1 is 0.800 bits per heavy atom. The lowest BCUT2D eigenvalue weighted by molar-refractivity contribution is 0.647. The van der Waals surface area contributed by atoms with Crippen molar-refractivity contribution in [3.63, 3.8) is 0 Å². The van der Waals surface area contributed by atoms with Crippen LogP contribution in [-0.4, -0.2) is 41.1 Å². The molecule has 1 fully saturated rings. The molecule has 1 saturated heterocycles. The molecule has 6 nitrogen and oxygen atoms in total. The number of benzene rings is 2. The van der Waals surface area contributed by atoms with Gasteiger partial charge in [-0.2, -0.15) is 0 Å². The summed E-state index contributed by atoms with van der Waals surface area (Å²) in [5, 5.41) is 4.52. The van der Waals surface area contributed by atoms with Crippen molar-refractivity contribution in [3.8, 4) is 0 Å². The van der Waals surface area contributed by atoms with Crippen LogP contribution in [-0.2, 0) is 0 Å². The Hall–Kier alpha value is -3.67. The molecule has 4 aromatic rings. The van der Waals surface area contributed by atoms with E-state index in [0.29, 0.717) is 0 Å². The van der Waals surface area contributed by atoms with Gasteiger partial charge in [0.05, 0.1) is 11.2 Å². The molecule has 0 bridgehead atoms. The van der Waals surface area contributed by atoms with E-state index in [0.717, 1.165) is 54.4 Å². The molecule has 0 atom stereocenters. The van der Waals surface area contributed by atoms with Crippen molar-refractivity contribution in [1.29, 1.82) is 0 Å². The molecule has 0 aliphatic carbocycles. The molecular formula is C24H24N6. The van der Waals surface area contributed by atoms with Gasteiger partial charge >= 0.3 is 0 Å². The summed E-state index contributed by atoms with van der Waals surface area (Å²) in [5.74, 6) is 1.73. The first kappa shape index (κ1) is 18.4. The van der Waals surface area contributed by atoms with Gasteiger partial charge in [0.15, 0.2) is 0 Å². The molecule has 1 aliphatic heterocycles. The molecule has 30 heavy (non-hydrogen) atoms. The summed E-state index contributed by atoms with van der Waals surface area (Å²) in [6, 6.07) is 20.8. The van der Waals surface area contributed by atoms with Gasteiger partial charge in [-0.15, -0.1) is 0 Å². The Bertz CT molecular complexity index is 1160. The summed E-state index contributed by atoms with van der Waals surface area (Å²) in [6.45, 7) is 5.95. The third-order valence-corrected chi connectivity index (χ3v) is 5.52. The third kappa shape index (κ3) is 3.76. The molecule has 2 aromatic carbocycles. The highest BCUT2D eigenvalue weighted by molar-refractivity contribution is 5.91. The van der Waals surface area contributed by atoms with Crippen LogP contribution in [0.3, 0.4) is 0 Å². The van der Waals surface area contributed by atoms with Gasteiger partial charge in [0.1, 0.15) is 18.0 Å². The Labute approximate surface area is 176 Å². The van der Waals surface area contributed by atoms with E-state index in [9.17, 15) is 0 Å². The molecule has 6 heteroatoms. The normalized spacial score (nSPS) is 14.2. The quantitative estimate of drug-likeness (QED) is 0.552.